The van der Waals surface area contributed by atoms with Crippen molar-refractivity contribution < 1.29 is 31.1 Å². The van der Waals surface area contributed by atoms with Crippen LogP contribution in [-0.2, 0) is 21.4 Å². The number of aromatic nitrogens is 3. The molecular formula is C27H23ClF3N5O5S. The van der Waals surface area contributed by atoms with Crippen molar-refractivity contribution in [1.29, 1.82) is 0 Å². The highest BCUT2D eigenvalue weighted by molar-refractivity contribution is 7.92. The van der Waals surface area contributed by atoms with E-state index in [1.54, 1.807) is 12.1 Å². The lowest BCUT2D eigenvalue weighted by Gasteiger charge is -2.15. The van der Waals surface area contributed by atoms with E-state index >= 15 is 0 Å². The summed E-state index contributed by atoms with van der Waals surface area (Å²) in [6, 6.07) is 7.89. The lowest BCUT2D eigenvalue weighted by atomic mass is 10.0. The standard InChI is InChI=1S/C27H23ClF3N5O5S/c1-14(24(37)34-23-10-27(23,30)31)12-36-13-33-20-5-3-15(7-18(20)26(36)38)16-8-21(25(41-2)32-11-16)35-42(39,40)22-6-4-17(29)9-19(22)28/h3-9,11,13-14,23,35H,10,12H2,1-2H3,(H,34,37)/t14-,23-/m0/s1. The molecule has 1 amide bonds. The second-order valence-electron chi connectivity index (χ2n) is 9.82. The van der Waals surface area contributed by atoms with Crippen LogP contribution >= 0.6 is 11.6 Å². The minimum atomic E-state index is -4.27. The fourth-order valence-electron chi connectivity index (χ4n) is 4.27. The highest BCUT2D eigenvalue weighted by atomic mass is 35.5. The number of ether oxygens (including phenoxy) is 1. The van der Waals surface area contributed by atoms with Crippen molar-refractivity contribution in [3.05, 3.63) is 76.2 Å². The normalized spacial score (nSPS) is 16.6. The molecule has 1 aliphatic rings. The van der Waals surface area contributed by atoms with Crippen LogP contribution in [0, 0.1) is 11.7 Å². The summed E-state index contributed by atoms with van der Waals surface area (Å²) in [6.45, 7) is 1.44. The maximum atomic E-state index is 13.5. The average molecular weight is 622 g/mol. The molecule has 0 radical (unpaired) electrons. The Kier molecular flexibility index (Phi) is 7.62. The molecule has 5 rings (SSSR count). The van der Waals surface area contributed by atoms with E-state index in [0.717, 1.165) is 18.2 Å². The second-order valence-corrected chi connectivity index (χ2v) is 11.9. The third kappa shape index (κ3) is 5.90. The number of fused-ring (bicyclic) bond motifs is 1. The van der Waals surface area contributed by atoms with E-state index in [2.05, 4.69) is 20.0 Å². The Morgan fingerprint density at radius 2 is 1.93 bits per heavy atom. The summed E-state index contributed by atoms with van der Waals surface area (Å²) >= 11 is 5.95. The van der Waals surface area contributed by atoms with Crippen LogP contribution in [0.4, 0.5) is 18.9 Å². The zero-order valence-electron chi connectivity index (χ0n) is 22.1. The van der Waals surface area contributed by atoms with Crippen LogP contribution < -0.4 is 20.3 Å². The fourth-order valence-corrected chi connectivity index (χ4v) is 5.85. The van der Waals surface area contributed by atoms with Crippen molar-refractivity contribution in [1.82, 2.24) is 19.9 Å². The quantitative estimate of drug-likeness (QED) is 0.286. The van der Waals surface area contributed by atoms with Crippen LogP contribution in [-0.4, -0.2) is 47.9 Å². The number of halogens is 4. The van der Waals surface area contributed by atoms with Crippen molar-refractivity contribution in [3.63, 3.8) is 0 Å². The van der Waals surface area contributed by atoms with Crippen molar-refractivity contribution in [2.24, 2.45) is 5.92 Å². The van der Waals surface area contributed by atoms with Gasteiger partial charge in [0.2, 0.25) is 11.8 Å². The summed E-state index contributed by atoms with van der Waals surface area (Å²) in [5.74, 6) is -5.04. The maximum absolute atomic E-state index is 13.5. The number of nitrogens with zero attached hydrogens (tertiary/aromatic N) is 3. The first kappa shape index (κ1) is 29.3. The van der Waals surface area contributed by atoms with Gasteiger partial charge in [-0.3, -0.25) is 18.9 Å². The van der Waals surface area contributed by atoms with Gasteiger partial charge in [0.25, 0.3) is 21.5 Å². The van der Waals surface area contributed by atoms with Crippen molar-refractivity contribution in [2.45, 2.75) is 36.7 Å². The van der Waals surface area contributed by atoms with Gasteiger partial charge < -0.3 is 10.1 Å². The Bertz CT molecular complexity index is 1890. The molecule has 2 aromatic carbocycles. The van der Waals surface area contributed by atoms with Crippen LogP contribution in [0.15, 0.2) is 64.7 Å². The predicted molar refractivity (Wildman–Crippen MR) is 149 cm³/mol. The molecule has 1 saturated carbocycles. The number of pyridine rings is 1. The summed E-state index contributed by atoms with van der Waals surface area (Å²) in [5.41, 5.74) is 0.750. The molecule has 2 heterocycles. The molecule has 1 fully saturated rings. The van der Waals surface area contributed by atoms with Crippen LogP contribution in [0.25, 0.3) is 22.0 Å². The number of methoxy groups -OCH3 is 1. The number of anilines is 1. The summed E-state index contributed by atoms with van der Waals surface area (Å²) in [6.07, 6.45) is 2.29. The number of benzene rings is 2. The molecule has 2 aromatic heterocycles. The fraction of sp³-hybridized carbons (Fsp3) is 0.259. The van der Waals surface area contributed by atoms with Gasteiger partial charge in [-0.05, 0) is 42.0 Å². The van der Waals surface area contributed by atoms with E-state index in [1.807, 2.05) is 0 Å². The number of hydrogen-bond acceptors (Lipinski definition) is 7. The maximum Gasteiger partial charge on any atom is 0.270 e. The summed E-state index contributed by atoms with van der Waals surface area (Å²) in [5, 5.41) is 2.17. The van der Waals surface area contributed by atoms with E-state index in [0.29, 0.717) is 16.6 Å². The predicted octanol–water partition coefficient (Wildman–Crippen LogP) is 4.22. The van der Waals surface area contributed by atoms with E-state index in [1.165, 1.54) is 43.3 Å². The van der Waals surface area contributed by atoms with Crippen LogP contribution in [0.5, 0.6) is 5.88 Å². The van der Waals surface area contributed by atoms with Gasteiger partial charge >= 0.3 is 0 Å². The molecule has 4 aromatic rings. The average Bonchev–Trinajstić information content (AvgIpc) is 3.54. The van der Waals surface area contributed by atoms with E-state index in [9.17, 15) is 31.2 Å². The number of amides is 1. The summed E-state index contributed by atoms with van der Waals surface area (Å²) in [7, 11) is -2.98. The monoisotopic (exact) mass is 621 g/mol. The first-order valence-electron chi connectivity index (χ1n) is 12.5. The first-order chi connectivity index (χ1) is 19.8. The molecule has 2 atom stereocenters. The smallest absolute Gasteiger partial charge is 0.270 e. The molecule has 10 nitrogen and oxygen atoms in total. The van der Waals surface area contributed by atoms with Gasteiger partial charge in [-0.25, -0.2) is 31.6 Å². The molecule has 0 saturated heterocycles. The number of nitrogens with one attached hydrogen (secondary N) is 2. The van der Waals surface area contributed by atoms with Gasteiger partial charge in [0, 0.05) is 24.7 Å². The van der Waals surface area contributed by atoms with E-state index in [-0.39, 0.29) is 33.4 Å². The van der Waals surface area contributed by atoms with Crippen molar-refractivity contribution in [2.75, 3.05) is 11.8 Å². The molecule has 0 bridgehead atoms. The molecule has 0 spiro atoms. The third-order valence-corrected chi connectivity index (χ3v) is 8.54. The van der Waals surface area contributed by atoms with Gasteiger partial charge in [0.05, 0.1) is 41.3 Å². The molecule has 15 heteroatoms. The highest BCUT2D eigenvalue weighted by Crippen LogP contribution is 2.41. The number of carbonyl (C=O) groups is 1. The second kappa shape index (κ2) is 10.9. The van der Waals surface area contributed by atoms with Crippen LogP contribution in [0.1, 0.15) is 13.3 Å². The molecule has 2 N–H and O–H groups in total. The zero-order chi connectivity index (χ0) is 30.4. The number of sulfonamides is 1. The Balaban J connectivity index is 1.44. The van der Waals surface area contributed by atoms with Gasteiger partial charge in [-0.1, -0.05) is 24.6 Å². The lowest BCUT2D eigenvalue weighted by Crippen LogP contribution is -2.37. The summed E-state index contributed by atoms with van der Waals surface area (Å²) in [4.78, 5) is 33.7. The van der Waals surface area contributed by atoms with Crippen molar-refractivity contribution in [3.8, 4) is 17.0 Å². The van der Waals surface area contributed by atoms with E-state index in [4.69, 9.17) is 16.3 Å². The molecule has 0 aliphatic heterocycles. The Hall–Kier alpha value is -4.17. The molecule has 0 unspecified atom stereocenters. The first-order valence-corrected chi connectivity index (χ1v) is 14.3. The van der Waals surface area contributed by atoms with E-state index < -0.39 is 51.6 Å². The third-order valence-electron chi connectivity index (χ3n) is 6.69. The molecule has 42 heavy (non-hydrogen) atoms. The lowest BCUT2D eigenvalue weighted by molar-refractivity contribution is -0.125. The minimum absolute atomic E-state index is 0.0415. The molecular weight excluding hydrogens is 599 g/mol. The number of rotatable bonds is 9. The Morgan fingerprint density at radius 3 is 2.60 bits per heavy atom. The number of carbonyl (C=O) groups excluding carboxylic acids is 1. The summed E-state index contributed by atoms with van der Waals surface area (Å²) < 4.78 is 74.6. The minimum Gasteiger partial charge on any atom is -0.480 e. The molecule has 1 aliphatic carbocycles. The Labute approximate surface area is 242 Å². The molecule has 220 valence electrons. The van der Waals surface area contributed by atoms with Crippen LogP contribution in [0.2, 0.25) is 5.02 Å². The zero-order valence-corrected chi connectivity index (χ0v) is 23.6. The van der Waals surface area contributed by atoms with Gasteiger partial charge in [-0.15, -0.1) is 0 Å². The largest absolute Gasteiger partial charge is 0.480 e. The van der Waals surface area contributed by atoms with Crippen molar-refractivity contribution >= 4 is 44.1 Å². The number of hydrogen-bond donors (Lipinski definition) is 2. The van der Waals surface area contributed by atoms with Crippen LogP contribution in [0.3, 0.4) is 0 Å². The number of alkyl halides is 2. The van der Waals surface area contributed by atoms with Gasteiger partial charge in [0.1, 0.15) is 16.4 Å². The highest BCUT2D eigenvalue weighted by Gasteiger charge is 2.58. The Morgan fingerprint density at radius 1 is 1.19 bits per heavy atom. The topological polar surface area (TPSA) is 132 Å². The van der Waals surface area contributed by atoms with Gasteiger partial charge in [0.15, 0.2) is 0 Å². The SMILES string of the molecule is COc1ncc(-c2ccc3ncn(C[C@H](C)C(=O)N[C@H]4CC4(F)F)c(=O)c3c2)cc1NS(=O)(=O)c1ccc(F)cc1Cl. The van der Waals surface area contributed by atoms with Gasteiger partial charge in [-0.2, -0.15) is 0 Å².